The SMILES string of the molecule is CCCCOc1ccc(C(=O)N2CCC2)cc1OC. The molecule has 0 aliphatic carbocycles. The van der Waals surface area contributed by atoms with E-state index < -0.39 is 0 Å². The standard InChI is InChI=1S/C15H21NO3/c1-3-4-10-19-13-7-6-12(11-14(13)18-2)15(17)16-8-5-9-16/h6-7,11H,3-5,8-10H2,1-2H3. The largest absolute Gasteiger partial charge is 0.493 e. The molecule has 1 fully saturated rings. The van der Waals surface area contributed by atoms with E-state index in [1.807, 2.05) is 17.0 Å². The van der Waals surface area contributed by atoms with Crippen LogP contribution in [0.15, 0.2) is 18.2 Å². The Kier molecular flexibility index (Phi) is 4.66. The molecule has 2 rings (SSSR count). The van der Waals surface area contributed by atoms with Crippen LogP contribution in [0.1, 0.15) is 36.5 Å². The Balaban J connectivity index is 2.08. The molecule has 1 amide bonds. The first-order valence-corrected chi connectivity index (χ1v) is 6.86. The van der Waals surface area contributed by atoms with Crippen LogP contribution in [-0.4, -0.2) is 37.6 Å². The number of likely N-dealkylation sites (tertiary alicyclic amines) is 1. The van der Waals surface area contributed by atoms with Gasteiger partial charge in [0.05, 0.1) is 13.7 Å². The monoisotopic (exact) mass is 263 g/mol. The van der Waals surface area contributed by atoms with Crippen LogP contribution in [0, 0.1) is 0 Å². The van der Waals surface area contributed by atoms with Gasteiger partial charge in [0.25, 0.3) is 5.91 Å². The summed E-state index contributed by atoms with van der Waals surface area (Å²) in [6, 6.07) is 5.40. The number of methoxy groups -OCH3 is 1. The Morgan fingerprint density at radius 2 is 2.11 bits per heavy atom. The van der Waals surface area contributed by atoms with Crippen molar-refractivity contribution >= 4 is 5.91 Å². The minimum atomic E-state index is 0.0738. The highest BCUT2D eigenvalue weighted by Crippen LogP contribution is 2.29. The molecule has 0 spiro atoms. The summed E-state index contributed by atoms with van der Waals surface area (Å²) in [5.74, 6) is 1.41. The molecule has 0 saturated carbocycles. The predicted molar refractivity (Wildman–Crippen MR) is 73.9 cm³/mol. The van der Waals surface area contributed by atoms with E-state index in [-0.39, 0.29) is 5.91 Å². The quantitative estimate of drug-likeness (QED) is 0.741. The van der Waals surface area contributed by atoms with Gasteiger partial charge in [0.15, 0.2) is 11.5 Å². The molecule has 19 heavy (non-hydrogen) atoms. The zero-order valence-electron chi connectivity index (χ0n) is 11.6. The maximum Gasteiger partial charge on any atom is 0.253 e. The van der Waals surface area contributed by atoms with Gasteiger partial charge >= 0.3 is 0 Å². The van der Waals surface area contributed by atoms with E-state index in [1.54, 1.807) is 13.2 Å². The Morgan fingerprint density at radius 1 is 1.32 bits per heavy atom. The number of nitrogens with zero attached hydrogens (tertiary/aromatic N) is 1. The number of carbonyl (C=O) groups is 1. The first kappa shape index (κ1) is 13.7. The summed E-state index contributed by atoms with van der Waals surface area (Å²) in [5.41, 5.74) is 0.666. The molecule has 0 aromatic heterocycles. The molecule has 0 N–H and O–H groups in total. The molecule has 0 unspecified atom stereocenters. The number of unbranched alkanes of at least 4 members (excludes halogenated alkanes) is 1. The minimum absolute atomic E-state index is 0.0738. The molecule has 1 aliphatic heterocycles. The number of hydrogen-bond acceptors (Lipinski definition) is 3. The third kappa shape index (κ3) is 3.19. The van der Waals surface area contributed by atoms with Gasteiger partial charge in [-0.05, 0) is 31.0 Å². The number of ether oxygens (including phenoxy) is 2. The number of rotatable bonds is 6. The number of hydrogen-bond donors (Lipinski definition) is 0. The van der Waals surface area contributed by atoms with E-state index in [0.29, 0.717) is 23.7 Å². The van der Waals surface area contributed by atoms with Crippen molar-refractivity contribution in [2.45, 2.75) is 26.2 Å². The summed E-state index contributed by atoms with van der Waals surface area (Å²) in [6.07, 6.45) is 3.20. The van der Waals surface area contributed by atoms with Gasteiger partial charge in [-0.2, -0.15) is 0 Å². The summed E-state index contributed by atoms with van der Waals surface area (Å²) in [5, 5.41) is 0. The van der Waals surface area contributed by atoms with Crippen molar-refractivity contribution in [3.63, 3.8) is 0 Å². The first-order chi connectivity index (χ1) is 9.26. The highest BCUT2D eigenvalue weighted by molar-refractivity contribution is 5.95. The fourth-order valence-electron chi connectivity index (χ4n) is 1.95. The van der Waals surface area contributed by atoms with Gasteiger partial charge in [-0.3, -0.25) is 4.79 Å². The Labute approximate surface area is 114 Å². The van der Waals surface area contributed by atoms with E-state index in [1.165, 1.54) is 0 Å². The molecule has 4 nitrogen and oxygen atoms in total. The summed E-state index contributed by atoms with van der Waals surface area (Å²) < 4.78 is 11.0. The second-order valence-corrected chi connectivity index (χ2v) is 4.71. The molecule has 1 heterocycles. The average molecular weight is 263 g/mol. The van der Waals surface area contributed by atoms with Crippen LogP contribution in [0.3, 0.4) is 0 Å². The van der Waals surface area contributed by atoms with Crippen LogP contribution in [-0.2, 0) is 0 Å². The summed E-state index contributed by atoms with van der Waals surface area (Å²) in [6.45, 7) is 4.51. The molecule has 1 aromatic rings. The van der Waals surface area contributed by atoms with Crippen LogP contribution in [0.4, 0.5) is 0 Å². The van der Waals surface area contributed by atoms with Crippen molar-refractivity contribution in [1.82, 2.24) is 4.90 Å². The van der Waals surface area contributed by atoms with Gasteiger partial charge < -0.3 is 14.4 Å². The maximum atomic E-state index is 12.1. The molecule has 104 valence electrons. The fourth-order valence-corrected chi connectivity index (χ4v) is 1.95. The molecular weight excluding hydrogens is 242 g/mol. The topological polar surface area (TPSA) is 38.8 Å². The number of carbonyl (C=O) groups excluding carboxylic acids is 1. The average Bonchev–Trinajstić information content (AvgIpc) is 2.37. The van der Waals surface area contributed by atoms with Gasteiger partial charge in [0.1, 0.15) is 0 Å². The highest BCUT2D eigenvalue weighted by Gasteiger charge is 2.22. The molecule has 0 atom stereocenters. The zero-order chi connectivity index (χ0) is 13.7. The molecule has 0 radical (unpaired) electrons. The maximum absolute atomic E-state index is 12.1. The van der Waals surface area contributed by atoms with Gasteiger partial charge in [0, 0.05) is 18.7 Å². The van der Waals surface area contributed by atoms with Crippen LogP contribution in [0.5, 0.6) is 11.5 Å². The lowest BCUT2D eigenvalue weighted by atomic mass is 10.1. The van der Waals surface area contributed by atoms with Gasteiger partial charge in [-0.1, -0.05) is 13.3 Å². The van der Waals surface area contributed by atoms with Crippen LogP contribution >= 0.6 is 0 Å². The summed E-state index contributed by atoms with van der Waals surface area (Å²) in [7, 11) is 1.60. The Bertz CT molecular complexity index is 441. The van der Waals surface area contributed by atoms with Crippen molar-refractivity contribution < 1.29 is 14.3 Å². The van der Waals surface area contributed by atoms with E-state index in [0.717, 1.165) is 32.4 Å². The Hall–Kier alpha value is -1.71. The second kappa shape index (κ2) is 6.45. The zero-order valence-corrected chi connectivity index (χ0v) is 11.6. The Morgan fingerprint density at radius 3 is 2.68 bits per heavy atom. The van der Waals surface area contributed by atoms with Crippen molar-refractivity contribution in [2.75, 3.05) is 26.8 Å². The van der Waals surface area contributed by atoms with E-state index >= 15 is 0 Å². The van der Waals surface area contributed by atoms with Crippen LogP contribution in [0.2, 0.25) is 0 Å². The van der Waals surface area contributed by atoms with Crippen LogP contribution in [0.25, 0.3) is 0 Å². The lowest BCUT2D eigenvalue weighted by Crippen LogP contribution is -2.42. The third-order valence-electron chi connectivity index (χ3n) is 3.31. The third-order valence-corrected chi connectivity index (χ3v) is 3.31. The van der Waals surface area contributed by atoms with Crippen LogP contribution < -0.4 is 9.47 Å². The fraction of sp³-hybridized carbons (Fsp3) is 0.533. The minimum Gasteiger partial charge on any atom is -0.493 e. The number of benzene rings is 1. The van der Waals surface area contributed by atoms with Gasteiger partial charge in [-0.15, -0.1) is 0 Å². The first-order valence-electron chi connectivity index (χ1n) is 6.86. The smallest absolute Gasteiger partial charge is 0.253 e. The van der Waals surface area contributed by atoms with E-state index in [2.05, 4.69) is 6.92 Å². The lowest BCUT2D eigenvalue weighted by molar-refractivity contribution is 0.0651. The van der Waals surface area contributed by atoms with E-state index in [9.17, 15) is 4.79 Å². The molecule has 1 saturated heterocycles. The highest BCUT2D eigenvalue weighted by atomic mass is 16.5. The van der Waals surface area contributed by atoms with Crippen molar-refractivity contribution in [3.8, 4) is 11.5 Å². The summed E-state index contributed by atoms with van der Waals surface area (Å²) in [4.78, 5) is 13.9. The van der Waals surface area contributed by atoms with Gasteiger partial charge in [-0.25, -0.2) is 0 Å². The molecule has 1 aromatic carbocycles. The van der Waals surface area contributed by atoms with Gasteiger partial charge in [0.2, 0.25) is 0 Å². The second-order valence-electron chi connectivity index (χ2n) is 4.71. The molecule has 1 aliphatic rings. The number of amides is 1. The predicted octanol–water partition coefficient (Wildman–Crippen LogP) is 2.72. The van der Waals surface area contributed by atoms with Crippen molar-refractivity contribution in [3.05, 3.63) is 23.8 Å². The molecular formula is C15H21NO3. The van der Waals surface area contributed by atoms with Crippen molar-refractivity contribution in [1.29, 1.82) is 0 Å². The normalized spacial score (nSPS) is 13.9. The van der Waals surface area contributed by atoms with E-state index in [4.69, 9.17) is 9.47 Å². The molecule has 4 heteroatoms. The summed E-state index contributed by atoms with van der Waals surface area (Å²) >= 11 is 0. The van der Waals surface area contributed by atoms with Crippen molar-refractivity contribution in [2.24, 2.45) is 0 Å². The molecule has 0 bridgehead atoms. The lowest BCUT2D eigenvalue weighted by Gasteiger charge is -2.31.